The van der Waals surface area contributed by atoms with Gasteiger partial charge in [-0.3, -0.25) is 4.90 Å². The van der Waals surface area contributed by atoms with Crippen molar-refractivity contribution < 1.29 is 13.9 Å². The summed E-state index contributed by atoms with van der Waals surface area (Å²) in [6, 6.07) is 17.5. The van der Waals surface area contributed by atoms with E-state index in [1.165, 1.54) is 0 Å². The second-order valence-corrected chi connectivity index (χ2v) is 7.27. The van der Waals surface area contributed by atoms with Crippen LogP contribution >= 0.6 is 24.8 Å². The van der Waals surface area contributed by atoms with Crippen molar-refractivity contribution >= 4 is 24.8 Å². The highest BCUT2D eigenvalue weighted by molar-refractivity contribution is 5.85. The highest BCUT2D eigenvalue weighted by atomic mass is 35.5. The number of ether oxygens (including phenoxy) is 2. The van der Waals surface area contributed by atoms with E-state index in [2.05, 4.69) is 4.90 Å². The average molecular weight is 466 g/mol. The molecule has 168 valence electrons. The summed E-state index contributed by atoms with van der Waals surface area (Å²) in [5.41, 5.74) is 7.53. The molecule has 1 unspecified atom stereocenters. The van der Waals surface area contributed by atoms with Crippen LogP contribution in [-0.2, 0) is 11.3 Å². The standard InChI is InChI=1S/C23H27N3O3.2ClH/c1-17-22(16-26-12-13-27-21(15-26)10-11-24)25-23(28-17)18-6-5-9-20(14-18)29-19-7-3-2-4-8-19;;/h2-9,14,21H,10-13,15-16,24H2,1H3;2*1H. The first-order valence-corrected chi connectivity index (χ1v) is 10.0. The number of nitrogens with two attached hydrogens (primary N) is 1. The Kier molecular flexibility index (Phi) is 9.81. The number of oxazole rings is 1. The number of benzene rings is 2. The molecule has 1 aromatic heterocycles. The van der Waals surface area contributed by atoms with Gasteiger partial charge in [0, 0.05) is 25.2 Å². The molecule has 0 saturated carbocycles. The second-order valence-electron chi connectivity index (χ2n) is 7.27. The Morgan fingerprint density at radius 1 is 1.10 bits per heavy atom. The maximum atomic E-state index is 5.98. The summed E-state index contributed by atoms with van der Waals surface area (Å²) in [6.07, 6.45) is 1.08. The van der Waals surface area contributed by atoms with Gasteiger partial charge in [-0.25, -0.2) is 4.98 Å². The topological polar surface area (TPSA) is 73.8 Å². The smallest absolute Gasteiger partial charge is 0.226 e. The predicted octanol–water partition coefficient (Wildman–Crippen LogP) is 4.84. The molecular formula is C23H29Cl2N3O3. The molecule has 2 heterocycles. The zero-order chi connectivity index (χ0) is 20.1. The monoisotopic (exact) mass is 465 g/mol. The van der Waals surface area contributed by atoms with Crippen molar-refractivity contribution in [3.05, 3.63) is 66.1 Å². The van der Waals surface area contributed by atoms with E-state index in [0.29, 0.717) is 12.4 Å². The van der Waals surface area contributed by atoms with Crippen LogP contribution in [0.25, 0.3) is 11.5 Å². The fourth-order valence-corrected chi connectivity index (χ4v) is 3.51. The van der Waals surface area contributed by atoms with E-state index in [0.717, 1.165) is 61.2 Å². The molecule has 0 aliphatic carbocycles. The maximum Gasteiger partial charge on any atom is 0.226 e. The number of aromatic nitrogens is 1. The van der Waals surface area contributed by atoms with Crippen LogP contribution in [0.5, 0.6) is 11.5 Å². The summed E-state index contributed by atoms with van der Waals surface area (Å²) in [4.78, 5) is 7.12. The number of halogens is 2. The molecule has 31 heavy (non-hydrogen) atoms. The zero-order valence-corrected chi connectivity index (χ0v) is 19.2. The number of para-hydroxylation sites is 1. The molecule has 1 atom stereocenters. The van der Waals surface area contributed by atoms with Crippen LogP contribution in [-0.4, -0.2) is 42.2 Å². The summed E-state index contributed by atoms with van der Waals surface area (Å²) in [6.45, 7) is 5.86. The first-order valence-electron chi connectivity index (χ1n) is 10.0. The number of morpholine rings is 1. The normalized spacial score (nSPS) is 16.3. The van der Waals surface area contributed by atoms with Gasteiger partial charge in [0.1, 0.15) is 17.3 Å². The number of hydrogen-bond acceptors (Lipinski definition) is 6. The van der Waals surface area contributed by atoms with Gasteiger partial charge in [0.15, 0.2) is 0 Å². The average Bonchev–Trinajstić information content (AvgIpc) is 3.10. The van der Waals surface area contributed by atoms with Gasteiger partial charge in [-0.2, -0.15) is 0 Å². The third-order valence-electron chi connectivity index (χ3n) is 5.04. The highest BCUT2D eigenvalue weighted by Gasteiger charge is 2.22. The molecule has 2 N–H and O–H groups in total. The van der Waals surface area contributed by atoms with Crippen molar-refractivity contribution in [3.8, 4) is 23.0 Å². The van der Waals surface area contributed by atoms with Gasteiger partial charge in [-0.15, -0.1) is 24.8 Å². The van der Waals surface area contributed by atoms with Crippen molar-refractivity contribution in [2.75, 3.05) is 26.2 Å². The predicted molar refractivity (Wildman–Crippen MR) is 126 cm³/mol. The van der Waals surface area contributed by atoms with Crippen molar-refractivity contribution in [2.24, 2.45) is 5.73 Å². The summed E-state index contributed by atoms with van der Waals surface area (Å²) < 4.78 is 17.7. The lowest BCUT2D eigenvalue weighted by Gasteiger charge is -2.32. The summed E-state index contributed by atoms with van der Waals surface area (Å²) in [5.74, 6) is 3.01. The molecule has 4 rings (SSSR count). The molecule has 0 amide bonds. The Morgan fingerprint density at radius 2 is 1.87 bits per heavy atom. The largest absolute Gasteiger partial charge is 0.457 e. The van der Waals surface area contributed by atoms with Crippen LogP contribution < -0.4 is 10.5 Å². The molecule has 1 saturated heterocycles. The van der Waals surface area contributed by atoms with Gasteiger partial charge in [0.2, 0.25) is 5.89 Å². The third-order valence-corrected chi connectivity index (χ3v) is 5.04. The number of rotatable bonds is 7. The van der Waals surface area contributed by atoms with Crippen LogP contribution in [0.1, 0.15) is 17.9 Å². The van der Waals surface area contributed by atoms with E-state index in [-0.39, 0.29) is 30.9 Å². The van der Waals surface area contributed by atoms with E-state index >= 15 is 0 Å². The first kappa shape index (κ1) is 25.2. The fraction of sp³-hybridized carbons (Fsp3) is 0.348. The van der Waals surface area contributed by atoms with Crippen LogP contribution in [0.15, 0.2) is 59.0 Å². The van der Waals surface area contributed by atoms with Gasteiger partial charge < -0.3 is 19.6 Å². The molecule has 0 spiro atoms. The number of aryl methyl sites for hydroxylation is 1. The Balaban J connectivity index is 0.00000171. The Hall–Kier alpha value is -2.09. The minimum Gasteiger partial charge on any atom is -0.457 e. The lowest BCUT2D eigenvalue weighted by Crippen LogP contribution is -2.42. The first-order chi connectivity index (χ1) is 14.2. The van der Waals surface area contributed by atoms with Gasteiger partial charge in [0.25, 0.3) is 0 Å². The van der Waals surface area contributed by atoms with Gasteiger partial charge >= 0.3 is 0 Å². The minimum absolute atomic E-state index is 0. The second kappa shape index (κ2) is 12.1. The van der Waals surface area contributed by atoms with Crippen molar-refractivity contribution in [2.45, 2.75) is 26.0 Å². The van der Waals surface area contributed by atoms with Crippen molar-refractivity contribution in [1.82, 2.24) is 9.88 Å². The molecular weight excluding hydrogens is 437 g/mol. The van der Waals surface area contributed by atoms with Crippen LogP contribution in [0, 0.1) is 6.92 Å². The molecule has 2 aromatic carbocycles. The lowest BCUT2D eigenvalue weighted by atomic mass is 10.2. The Labute approximate surface area is 195 Å². The SMILES string of the molecule is Cc1oc(-c2cccc(Oc3ccccc3)c2)nc1CN1CCOC(CCN)C1.Cl.Cl. The number of hydrogen-bond donors (Lipinski definition) is 1. The summed E-state index contributed by atoms with van der Waals surface area (Å²) in [5, 5.41) is 0. The van der Waals surface area contributed by atoms with E-state index in [4.69, 9.17) is 24.6 Å². The maximum absolute atomic E-state index is 5.98. The number of nitrogens with zero attached hydrogens (tertiary/aromatic N) is 2. The van der Waals surface area contributed by atoms with Crippen LogP contribution in [0.3, 0.4) is 0 Å². The lowest BCUT2D eigenvalue weighted by molar-refractivity contribution is -0.0339. The molecule has 1 aliphatic rings. The van der Waals surface area contributed by atoms with E-state index in [1.807, 2.05) is 61.5 Å². The summed E-state index contributed by atoms with van der Waals surface area (Å²) in [7, 11) is 0. The van der Waals surface area contributed by atoms with Crippen LogP contribution in [0.4, 0.5) is 0 Å². The third kappa shape index (κ3) is 6.69. The van der Waals surface area contributed by atoms with Crippen molar-refractivity contribution in [3.63, 3.8) is 0 Å². The molecule has 1 aliphatic heterocycles. The van der Waals surface area contributed by atoms with E-state index in [1.54, 1.807) is 0 Å². The fourth-order valence-electron chi connectivity index (χ4n) is 3.51. The molecule has 0 bridgehead atoms. The quantitative estimate of drug-likeness (QED) is 0.538. The molecule has 1 fully saturated rings. The zero-order valence-electron chi connectivity index (χ0n) is 17.5. The molecule has 6 nitrogen and oxygen atoms in total. The minimum atomic E-state index is 0. The van der Waals surface area contributed by atoms with Crippen LogP contribution in [0.2, 0.25) is 0 Å². The molecule has 0 radical (unpaired) electrons. The summed E-state index contributed by atoms with van der Waals surface area (Å²) >= 11 is 0. The Morgan fingerprint density at radius 3 is 2.65 bits per heavy atom. The van der Waals surface area contributed by atoms with Crippen molar-refractivity contribution in [1.29, 1.82) is 0 Å². The Bertz CT molecular complexity index is 935. The van der Waals surface area contributed by atoms with Gasteiger partial charge in [0.05, 0.1) is 18.4 Å². The molecule has 3 aromatic rings. The highest BCUT2D eigenvalue weighted by Crippen LogP contribution is 2.28. The van der Waals surface area contributed by atoms with Gasteiger partial charge in [-0.1, -0.05) is 24.3 Å². The van der Waals surface area contributed by atoms with E-state index in [9.17, 15) is 0 Å². The molecule has 8 heteroatoms. The van der Waals surface area contributed by atoms with Gasteiger partial charge in [-0.05, 0) is 50.2 Å². The van der Waals surface area contributed by atoms with E-state index < -0.39 is 0 Å².